The number of hydrogen-bond acceptors (Lipinski definition) is 2. The summed E-state index contributed by atoms with van der Waals surface area (Å²) in [6, 6.07) is 1.47. The van der Waals surface area contributed by atoms with Crippen molar-refractivity contribution in [1.82, 2.24) is 0 Å². The molecule has 0 unspecified atom stereocenters. The minimum atomic E-state index is -4.72. The Hall–Kier alpha value is -0.850. The highest BCUT2D eigenvalue weighted by Crippen LogP contribution is 2.32. The number of halogens is 5. The molecule has 0 aliphatic rings. The Kier molecular flexibility index (Phi) is 5.38. The highest BCUT2D eigenvalue weighted by molar-refractivity contribution is 5.85. The minimum Gasteiger partial charge on any atom is -0.391 e. The molecule has 2 nitrogen and oxygen atoms in total. The van der Waals surface area contributed by atoms with Crippen molar-refractivity contribution < 1.29 is 22.7 Å². The van der Waals surface area contributed by atoms with Crippen molar-refractivity contribution in [2.45, 2.75) is 25.2 Å². The van der Waals surface area contributed by atoms with E-state index in [0.717, 1.165) is 6.07 Å². The molecule has 1 rings (SSSR count). The van der Waals surface area contributed by atoms with Crippen molar-refractivity contribution in [3.8, 4) is 0 Å². The van der Waals surface area contributed by atoms with Gasteiger partial charge in [0.05, 0.1) is 17.7 Å². The fourth-order valence-electron chi connectivity index (χ4n) is 1.25. The molecule has 0 amide bonds. The third-order valence-electron chi connectivity index (χ3n) is 2.20. The topological polar surface area (TPSA) is 46.2 Å². The summed E-state index contributed by atoms with van der Waals surface area (Å²) in [7, 11) is 0. The molecule has 0 fully saturated rings. The standard InChI is InChI=1S/C10H11F4NO.ClH/c1-5(16)9(15)6-2-3-7(8(11)4-6)10(12,13)14;/h2-5,9,16H,15H2,1H3;1H/t5-,9-;/m0./s1. The van der Waals surface area contributed by atoms with Gasteiger partial charge in [-0.15, -0.1) is 12.4 Å². The van der Waals surface area contributed by atoms with Crippen LogP contribution in [0.25, 0.3) is 0 Å². The molecule has 0 bridgehead atoms. The van der Waals surface area contributed by atoms with Gasteiger partial charge in [-0.2, -0.15) is 13.2 Å². The van der Waals surface area contributed by atoms with E-state index in [1.54, 1.807) is 0 Å². The average Bonchev–Trinajstić information content (AvgIpc) is 2.14. The van der Waals surface area contributed by atoms with E-state index >= 15 is 0 Å². The van der Waals surface area contributed by atoms with Crippen molar-refractivity contribution >= 4 is 12.4 Å². The lowest BCUT2D eigenvalue weighted by Gasteiger charge is -2.16. The lowest BCUT2D eigenvalue weighted by atomic mass is 10.0. The van der Waals surface area contributed by atoms with Gasteiger partial charge in [-0.3, -0.25) is 0 Å². The van der Waals surface area contributed by atoms with E-state index in [2.05, 4.69) is 0 Å². The van der Waals surface area contributed by atoms with Gasteiger partial charge in [0.1, 0.15) is 5.82 Å². The fourth-order valence-corrected chi connectivity index (χ4v) is 1.25. The third-order valence-corrected chi connectivity index (χ3v) is 2.20. The molecule has 98 valence electrons. The fraction of sp³-hybridized carbons (Fsp3) is 0.400. The Morgan fingerprint density at radius 3 is 2.18 bits per heavy atom. The molecule has 0 radical (unpaired) electrons. The predicted molar refractivity (Wildman–Crippen MR) is 57.3 cm³/mol. The second-order valence-electron chi connectivity index (χ2n) is 3.50. The first-order valence-corrected chi connectivity index (χ1v) is 4.53. The maximum atomic E-state index is 13.1. The Morgan fingerprint density at radius 2 is 1.82 bits per heavy atom. The van der Waals surface area contributed by atoms with Gasteiger partial charge >= 0.3 is 6.18 Å². The van der Waals surface area contributed by atoms with Gasteiger partial charge in [0.25, 0.3) is 0 Å². The summed E-state index contributed by atoms with van der Waals surface area (Å²) in [5.41, 5.74) is 4.25. The Balaban J connectivity index is 0.00000256. The first kappa shape index (κ1) is 16.1. The third kappa shape index (κ3) is 3.83. The molecule has 2 atom stereocenters. The summed E-state index contributed by atoms with van der Waals surface area (Å²) < 4.78 is 49.8. The quantitative estimate of drug-likeness (QED) is 0.814. The zero-order valence-electron chi connectivity index (χ0n) is 8.83. The van der Waals surface area contributed by atoms with Crippen LogP contribution in [0, 0.1) is 5.82 Å². The largest absolute Gasteiger partial charge is 0.419 e. The van der Waals surface area contributed by atoms with Crippen molar-refractivity contribution in [3.63, 3.8) is 0 Å². The van der Waals surface area contributed by atoms with Gasteiger partial charge in [0.2, 0.25) is 0 Å². The van der Waals surface area contributed by atoms with E-state index in [9.17, 15) is 17.6 Å². The van der Waals surface area contributed by atoms with E-state index in [0.29, 0.717) is 12.1 Å². The summed E-state index contributed by atoms with van der Waals surface area (Å²) in [6.07, 6.45) is -5.69. The van der Waals surface area contributed by atoms with Crippen molar-refractivity contribution in [1.29, 1.82) is 0 Å². The van der Waals surface area contributed by atoms with Crippen LogP contribution < -0.4 is 5.73 Å². The summed E-state index contributed by atoms with van der Waals surface area (Å²) in [5, 5.41) is 9.12. The lowest BCUT2D eigenvalue weighted by molar-refractivity contribution is -0.140. The normalized spacial score (nSPS) is 15.0. The van der Waals surface area contributed by atoms with Gasteiger partial charge in [0, 0.05) is 0 Å². The van der Waals surface area contributed by atoms with Gasteiger partial charge < -0.3 is 10.8 Å². The second kappa shape index (κ2) is 5.66. The molecule has 17 heavy (non-hydrogen) atoms. The number of aliphatic hydroxyl groups is 1. The summed E-state index contributed by atoms with van der Waals surface area (Å²) in [4.78, 5) is 0. The van der Waals surface area contributed by atoms with Crippen LogP contribution in [-0.2, 0) is 6.18 Å². The first-order chi connectivity index (χ1) is 7.23. The molecule has 0 aliphatic carbocycles. The second-order valence-corrected chi connectivity index (χ2v) is 3.50. The number of hydrogen-bond donors (Lipinski definition) is 2. The molecule has 0 saturated heterocycles. The molecule has 0 heterocycles. The van der Waals surface area contributed by atoms with E-state index < -0.39 is 29.7 Å². The van der Waals surface area contributed by atoms with Crippen LogP contribution in [0.3, 0.4) is 0 Å². The van der Waals surface area contributed by atoms with E-state index in [1.807, 2.05) is 0 Å². The Morgan fingerprint density at radius 1 is 1.29 bits per heavy atom. The summed E-state index contributed by atoms with van der Waals surface area (Å²) >= 11 is 0. The van der Waals surface area contributed by atoms with Crippen LogP contribution >= 0.6 is 12.4 Å². The number of nitrogens with two attached hydrogens (primary N) is 1. The number of rotatable bonds is 2. The zero-order chi connectivity index (χ0) is 12.5. The molecule has 0 saturated carbocycles. The van der Waals surface area contributed by atoms with Crippen LogP contribution in [0.15, 0.2) is 18.2 Å². The Labute approximate surface area is 102 Å². The maximum Gasteiger partial charge on any atom is 0.419 e. The molecule has 1 aromatic carbocycles. The summed E-state index contributed by atoms with van der Waals surface area (Å²) in [6.45, 7) is 1.38. The highest BCUT2D eigenvalue weighted by Gasteiger charge is 2.34. The molecule has 0 aliphatic heterocycles. The molecule has 3 N–H and O–H groups in total. The lowest BCUT2D eigenvalue weighted by Crippen LogP contribution is -2.23. The number of aliphatic hydroxyl groups excluding tert-OH is 1. The predicted octanol–water partition coefficient (Wildman–Crippen LogP) is 2.65. The van der Waals surface area contributed by atoms with Crippen LogP contribution in [0.5, 0.6) is 0 Å². The van der Waals surface area contributed by atoms with Crippen LogP contribution in [0.4, 0.5) is 17.6 Å². The van der Waals surface area contributed by atoms with Crippen molar-refractivity contribution in [3.05, 3.63) is 35.1 Å². The molecule has 0 aromatic heterocycles. The highest BCUT2D eigenvalue weighted by atomic mass is 35.5. The molecule has 7 heteroatoms. The van der Waals surface area contributed by atoms with Crippen LogP contribution in [0.1, 0.15) is 24.1 Å². The van der Waals surface area contributed by atoms with Gasteiger partial charge in [0.15, 0.2) is 0 Å². The van der Waals surface area contributed by atoms with Crippen molar-refractivity contribution in [2.75, 3.05) is 0 Å². The van der Waals surface area contributed by atoms with Gasteiger partial charge in [-0.05, 0) is 24.6 Å². The minimum absolute atomic E-state index is 0. The number of benzene rings is 1. The molecule has 0 spiro atoms. The molecular formula is C10H12ClF4NO. The van der Waals surface area contributed by atoms with Crippen molar-refractivity contribution in [2.24, 2.45) is 5.73 Å². The van der Waals surface area contributed by atoms with E-state index in [-0.39, 0.29) is 18.0 Å². The smallest absolute Gasteiger partial charge is 0.391 e. The summed E-state index contributed by atoms with van der Waals surface area (Å²) in [5.74, 6) is -1.39. The van der Waals surface area contributed by atoms with Crippen LogP contribution in [0.2, 0.25) is 0 Å². The monoisotopic (exact) mass is 273 g/mol. The zero-order valence-corrected chi connectivity index (χ0v) is 9.65. The van der Waals surface area contributed by atoms with Gasteiger partial charge in [-0.25, -0.2) is 4.39 Å². The molecular weight excluding hydrogens is 262 g/mol. The van der Waals surface area contributed by atoms with Crippen LogP contribution in [-0.4, -0.2) is 11.2 Å². The Bertz CT molecular complexity index is 381. The van der Waals surface area contributed by atoms with E-state index in [4.69, 9.17) is 10.8 Å². The van der Waals surface area contributed by atoms with E-state index in [1.165, 1.54) is 6.92 Å². The maximum absolute atomic E-state index is 13.1. The number of alkyl halides is 3. The van der Waals surface area contributed by atoms with Gasteiger partial charge in [-0.1, -0.05) is 6.07 Å². The average molecular weight is 274 g/mol. The first-order valence-electron chi connectivity index (χ1n) is 4.53. The molecule has 1 aromatic rings. The SMILES string of the molecule is C[C@H](O)[C@H](N)c1ccc(C(F)(F)F)c(F)c1.Cl.